The lowest BCUT2D eigenvalue weighted by Gasteiger charge is -2.28. The molecule has 1 heterocycles. The second-order valence-corrected chi connectivity index (χ2v) is 2.57. The Bertz CT molecular complexity index is 238. The van der Waals surface area contributed by atoms with Crippen molar-refractivity contribution in [3.8, 4) is 0 Å². The Morgan fingerprint density at radius 3 is 2.50 bits per heavy atom. The Balaban J connectivity index is 2.93. The van der Waals surface area contributed by atoms with Crippen molar-refractivity contribution in [1.29, 1.82) is 0 Å². The van der Waals surface area contributed by atoms with E-state index < -0.39 is 18.1 Å². The van der Waals surface area contributed by atoms with Gasteiger partial charge in [-0.2, -0.15) is 0 Å². The van der Waals surface area contributed by atoms with Crippen LogP contribution >= 0.6 is 0 Å². The van der Waals surface area contributed by atoms with Crippen LogP contribution in [0.25, 0.3) is 0 Å². The van der Waals surface area contributed by atoms with Crippen LogP contribution in [0, 0.1) is 0 Å². The van der Waals surface area contributed by atoms with Crippen molar-refractivity contribution >= 4 is 5.97 Å². The van der Waals surface area contributed by atoms with E-state index in [0.29, 0.717) is 0 Å². The second kappa shape index (κ2) is 3.00. The van der Waals surface area contributed by atoms with Crippen LogP contribution < -0.4 is 22.9 Å². The minimum absolute atomic E-state index is 0.118. The van der Waals surface area contributed by atoms with E-state index in [-0.39, 0.29) is 17.9 Å². The molecule has 0 aromatic heterocycles. The molecule has 1 aliphatic rings. The molecule has 68 valence electrons. The first-order valence-electron chi connectivity index (χ1n) is 3.49. The SMILES string of the molecule is NCC1OC(=O)C(N)=C(N)[C@@H]1N. The van der Waals surface area contributed by atoms with Gasteiger partial charge in [0.05, 0.1) is 11.7 Å². The number of esters is 1. The maximum atomic E-state index is 10.9. The third kappa shape index (κ3) is 1.21. The van der Waals surface area contributed by atoms with Crippen LogP contribution in [-0.4, -0.2) is 24.7 Å². The molecule has 6 nitrogen and oxygen atoms in total. The van der Waals surface area contributed by atoms with Crippen LogP contribution in [0.3, 0.4) is 0 Å². The van der Waals surface area contributed by atoms with Gasteiger partial charge in [-0.1, -0.05) is 0 Å². The highest BCUT2D eigenvalue weighted by Crippen LogP contribution is 2.12. The highest BCUT2D eigenvalue weighted by Gasteiger charge is 2.31. The number of carbonyl (C=O) groups is 1. The molecule has 0 aromatic rings. The standard InChI is InChI=1S/C6H12N4O2/c7-1-2-3(8)4(9)5(10)6(11)12-2/h2-3H,1,7-10H2/t2?,3-/m1/s1. The normalized spacial score (nSPS) is 30.3. The summed E-state index contributed by atoms with van der Waals surface area (Å²) in [7, 11) is 0. The van der Waals surface area contributed by atoms with E-state index in [2.05, 4.69) is 0 Å². The third-order valence-corrected chi connectivity index (χ3v) is 1.78. The first-order valence-corrected chi connectivity index (χ1v) is 3.49. The number of cyclic esters (lactones) is 1. The van der Waals surface area contributed by atoms with Crippen molar-refractivity contribution in [2.75, 3.05) is 6.54 Å². The number of hydrogen-bond acceptors (Lipinski definition) is 6. The molecular weight excluding hydrogens is 160 g/mol. The third-order valence-electron chi connectivity index (χ3n) is 1.78. The van der Waals surface area contributed by atoms with Gasteiger partial charge in [0.25, 0.3) is 0 Å². The number of carbonyl (C=O) groups excluding carboxylic acids is 1. The molecule has 0 spiro atoms. The molecule has 12 heavy (non-hydrogen) atoms. The largest absolute Gasteiger partial charge is 0.454 e. The van der Waals surface area contributed by atoms with Crippen molar-refractivity contribution in [3.05, 3.63) is 11.4 Å². The minimum atomic E-state index is -0.648. The highest BCUT2D eigenvalue weighted by molar-refractivity contribution is 5.89. The van der Waals surface area contributed by atoms with Gasteiger partial charge >= 0.3 is 5.97 Å². The Morgan fingerprint density at radius 1 is 1.42 bits per heavy atom. The lowest BCUT2D eigenvalue weighted by molar-refractivity contribution is -0.146. The summed E-state index contributed by atoms with van der Waals surface area (Å²) >= 11 is 0. The van der Waals surface area contributed by atoms with E-state index in [1.54, 1.807) is 0 Å². The highest BCUT2D eigenvalue weighted by atomic mass is 16.5. The maximum absolute atomic E-state index is 10.9. The van der Waals surface area contributed by atoms with Gasteiger partial charge in [0.2, 0.25) is 0 Å². The number of nitrogens with two attached hydrogens (primary N) is 4. The Morgan fingerprint density at radius 2 is 2.00 bits per heavy atom. The predicted molar refractivity (Wildman–Crippen MR) is 42.3 cm³/mol. The van der Waals surface area contributed by atoms with E-state index in [1.165, 1.54) is 0 Å². The molecule has 0 amide bonds. The Kier molecular flexibility index (Phi) is 2.20. The Hall–Kier alpha value is -1.27. The van der Waals surface area contributed by atoms with Crippen LogP contribution in [0.2, 0.25) is 0 Å². The average Bonchev–Trinajstić information content (AvgIpc) is 2.08. The first-order chi connectivity index (χ1) is 5.57. The van der Waals surface area contributed by atoms with Gasteiger partial charge in [-0.05, 0) is 0 Å². The molecule has 0 saturated carbocycles. The zero-order chi connectivity index (χ0) is 9.30. The quantitative estimate of drug-likeness (QED) is 0.319. The fourth-order valence-electron chi connectivity index (χ4n) is 0.967. The van der Waals surface area contributed by atoms with E-state index in [0.717, 1.165) is 0 Å². The zero-order valence-electron chi connectivity index (χ0n) is 6.49. The molecule has 0 aliphatic carbocycles. The van der Waals surface area contributed by atoms with Gasteiger partial charge in [-0.25, -0.2) is 4.79 Å². The monoisotopic (exact) mass is 172 g/mol. The van der Waals surface area contributed by atoms with Crippen molar-refractivity contribution in [2.24, 2.45) is 22.9 Å². The van der Waals surface area contributed by atoms with Gasteiger partial charge in [-0.15, -0.1) is 0 Å². The average molecular weight is 172 g/mol. The van der Waals surface area contributed by atoms with Crippen LogP contribution in [0.15, 0.2) is 11.4 Å². The van der Waals surface area contributed by atoms with E-state index in [9.17, 15) is 4.79 Å². The second-order valence-electron chi connectivity index (χ2n) is 2.57. The number of rotatable bonds is 1. The minimum Gasteiger partial charge on any atom is -0.454 e. The summed E-state index contributed by atoms with van der Waals surface area (Å²) in [6.07, 6.45) is -0.565. The zero-order valence-corrected chi connectivity index (χ0v) is 6.49. The van der Waals surface area contributed by atoms with Crippen LogP contribution in [0.1, 0.15) is 0 Å². The molecule has 1 unspecified atom stereocenters. The Labute approximate surface area is 69.5 Å². The lowest BCUT2D eigenvalue weighted by atomic mass is 10.0. The van der Waals surface area contributed by atoms with Gasteiger partial charge in [-0.3, -0.25) is 0 Å². The molecule has 0 saturated heterocycles. The fraction of sp³-hybridized carbons (Fsp3) is 0.500. The van der Waals surface area contributed by atoms with Crippen molar-refractivity contribution in [1.82, 2.24) is 0 Å². The molecule has 2 atom stereocenters. The summed E-state index contributed by atoms with van der Waals surface area (Å²) in [6, 6.07) is -0.590. The first kappa shape index (κ1) is 8.82. The summed E-state index contributed by atoms with van der Waals surface area (Å²) < 4.78 is 4.78. The topological polar surface area (TPSA) is 130 Å². The van der Waals surface area contributed by atoms with Crippen LogP contribution in [0.5, 0.6) is 0 Å². The molecule has 0 bridgehead atoms. The fourth-order valence-corrected chi connectivity index (χ4v) is 0.967. The summed E-state index contributed by atoms with van der Waals surface area (Å²) in [5.41, 5.74) is 21.6. The summed E-state index contributed by atoms with van der Waals surface area (Å²) in [5.74, 6) is -0.648. The predicted octanol–water partition coefficient (Wildman–Crippen LogP) is -2.67. The number of hydrogen-bond donors (Lipinski definition) is 4. The van der Waals surface area contributed by atoms with Crippen molar-refractivity contribution in [3.63, 3.8) is 0 Å². The van der Waals surface area contributed by atoms with E-state index >= 15 is 0 Å². The molecule has 8 N–H and O–H groups in total. The van der Waals surface area contributed by atoms with E-state index in [4.69, 9.17) is 27.7 Å². The molecule has 1 aliphatic heterocycles. The molecule has 0 radical (unpaired) electrons. The molecule has 0 fully saturated rings. The summed E-state index contributed by atoms with van der Waals surface area (Å²) in [5, 5.41) is 0. The van der Waals surface area contributed by atoms with E-state index in [1.807, 2.05) is 0 Å². The van der Waals surface area contributed by atoms with Gasteiger partial charge in [0.15, 0.2) is 0 Å². The maximum Gasteiger partial charge on any atom is 0.356 e. The lowest BCUT2D eigenvalue weighted by Crippen LogP contribution is -2.51. The van der Waals surface area contributed by atoms with Crippen LogP contribution in [-0.2, 0) is 9.53 Å². The van der Waals surface area contributed by atoms with Crippen molar-refractivity contribution in [2.45, 2.75) is 12.1 Å². The summed E-state index contributed by atoms with van der Waals surface area (Å²) in [6.45, 7) is 0.140. The van der Waals surface area contributed by atoms with Gasteiger partial charge in [0.1, 0.15) is 11.8 Å². The van der Waals surface area contributed by atoms with Crippen molar-refractivity contribution < 1.29 is 9.53 Å². The molecule has 1 rings (SSSR count). The molecular formula is C6H12N4O2. The number of ether oxygens (including phenoxy) is 1. The summed E-state index contributed by atoms with van der Waals surface area (Å²) in [4.78, 5) is 10.9. The van der Waals surface area contributed by atoms with Gasteiger partial charge < -0.3 is 27.7 Å². The molecule has 6 heteroatoms. The smallest absolute Gasteiger partial charge is 0.356 e. The van der Waals surface area contributed by atoms with Crippen LogP contribution in [0.4, 0.5) is 0 Å². The molecule has 0 aromatic carbocycles. The van der Waals surface area contributed by atoms with Gasteiger partial charge in [0, 0.05) is 6.54 Å².